The lowest BCUT2D eigenvalue weighted by Crippen LogP contribution is -2.41. The second kappa shape index (κ2) is 7.85. The van der Waals surface area contributed by atoms with Crippen molar-refractivity contribution < 1.29 is 18.1 Å². The highest BCUT2D eigenvalue weighted by Gasteiger charge is 2.35. The zero-order valence-corrected chi connectivity index (χ0v) is 15.3. The highest BCUT2D eigenvalue weighted by atomic mass is 32.2. The molecule has 0 unspecified atom stereocenters. The van der Waals surface area contributed by atoms with Crippen LogP contribution in [0.4, 0.5) is 11.4 Å². The molecular formula is C18H19N3O5S. The number of nitrogens with one attached hydrogen (secondary N) is 1. The standard InChI is InChI=1S/C18H19N3O5S/c22-18(19-15-6-2-1-3-7-15)14-10-12-20(13-11-14)27(25,26)17-9-5-4-8-16(17)21(23)24/h1-9,14H,10-13H2,(H,19,22). The fourth-order valence-electron chi connectivity index (χ4n) is 3.09. The van der Waals surface area contributed by atoms with Crippen LogP contribution in [0.15, 0.2) is 59.5 Å². The van der Waals surface area contributed by atoms with E-state index in [2.05, 4.69) is 5.32 Å². The number of rotatable bonds is 5. The molecule has 0 spiro atoms. The Morgan fingerprint density at radius 2 is 1.63 bits per heavy atom. The van der Waals surface area contributed by atoms with Crippen LogP contribution < -0.4 is 5.32 Å². The predicted octanol–water partition coefficient (Wildman–Crippen LogP) is 2.63. The zero-order valence-electron chi connectivity index (χ0n) is 14.4. The van der Waals surface area contributed by atoms with Gasteiger partial charge < -0.3 is 5.32 Å². The lowest BCUT2D eigenvalue weighted by Gasteiger charge is -2.30. The average Bonchev–Trinajstić information content (AvgIpc) is 2.69. The minimum Gasteiger partial charge on any atom is -0.326 e. The Bertz CT molecular complexity index is 938. The fraction of sp³-hybridized carbons (Fsp3) is 0.278. The van der Waals surface area contributed by atoms with Crippen LogP contribution >= 0.6 is 0 Å². The van der Waals surface area contributed by atoms with Gasteiger partial charge in [0.1, 0.15) is 0 Å². The van der Waals surface area contributed by atoms with Gasteiger partial charge in [-0.15, -0.1) is 0 Å². The van der Waals surface area contributed by atoms with Gasteiger partial charge in [-0.05, 0) is 31.0 Å². The van der Waals surface area contributed by atoms with Crippen LogP contribution in [0, 0.1) is 16.0 Å². The van der Waals surface area contributed by atoms with Crippen molar-refractivity contribution in [2.24, 2.45) is 5.92 Å². The molecular weight excluding hydrogens is 370 g/mol. The molecule has 142 valence electrons. The Balaban J connectivity index is 1.68. The van der Waals surface area contributed by atoms with E-state index in [1.54, 1.807) is 12.1 Å². The molecule has 0 radical (unpaired) electrons. The summed E-state index contributed by atoms with van der Waals surface area (Å²) in [5, 5.41) is 14.0. The summed E-state index contributed by atoms with van der Waals surface area (Å²) in [5.41, 5.74) is 0.249. The Morgan fingerprint density at radius 1 is 1.04 bits per heavy atom. The summed E-state index contributed by atoms with van der Waals surface area (Å²) < 4.78 is 26.8. The van der Waals surface area contributed by atoms with Crippen LogP contribution in [-0.4, -0.2) is 36.6 Å². The van der Waals surface area contributed by atoms with Crippen molar-refractivity contribution in [1.82, 2.24) is 4.31 Å². The highest BCUT2D eigenvalue weighted by Crippen LogP contribution is 2.29. The van der Waals surface area contributed by atoms with Crippen molar-refractivity contribution >= 4 is 27.3 Å². The molecule has 0 aromatic heterocycles. The number of hydrogen-bond acceptors (Lipinski definition) is 5. The molecule has 1 amide bonds. The van der Waals surface area contributed by atoms with Crippen LogP contribution in [-0.2, 0) is 14.8 Å². The van der Waals surface area contributed by atoms with Gasteiger partial charge in [-0.3, -0.25) is 14.9 Å². The molecule has 1 aliphatic rings. The van der Waals surface area contributed by atoms with Crippen LogP contribution in [0.5, 0.6) is 0 Å². The van der Waals surface area contributed by atoms with E-state index in [1.807, 2.05) is 18.2 Å². The lowest BCUT2D eigenvalue weighted by atomic mass is 9.97. The van der Waals surface area contributed by atoms with Gasteiger partial charge in [-0.1, -0.05) is 30.3 Å². The molecule has 8 nitrogen and oxygen atoms in total. The maximum atomic E-state index is 12.8. The maximum Gasteiger partial charge on any atom is 0.289 e. The number of carbonyl (C=O) groups is 1. The van der Waals surface area contributed by atoms with Gasteiger partial charge in [0.05, 0.1) is 4.92 Å². The topological polar surface area (TPSA) is 110 Å². The van der Waals surface area contributed by atoms with E-state index >= 15 is 0 Å². The number of carbonyl (C=O) groups excluding carboxylic acids is 1. The third-order valence-corrected chi connectivity index (χ3v) is 6.49. The van der Waals surface area contributed by atoms with E-state index in [1.165, 1.54) is 28.6 Å². The number of anilines is 1. The maximum absolute atomic E-state index is 12.8. The largest absolute Gasteiger partial charge is 0.326 e. The number of nitro benzene ring substituents is 1. The number of para-hydroxylation sites is 2. The van der Waals surface area contributed by atoms with Gasteiger partial charge in [0.2, 0.25) is 15.9 Å². The van der Waals surface area contributed by atoms with Crippen molar-refractivity contribution in [2.45, 2.75) is 17.7 Å². The van der Waals surface area contributed by atoms with E-state index in [-0.39, 0.29) is 29.8 Å². The Kier molecular flexibility index (Phi) is 5.52. The Hall–Kier alpha value is -2.78. The van der Waals surface area contributed by atoms with Crippen LogP contribution in [0.25, 0.3) is 0 Å². The molecule has 1 heterocycles. The molecule has 0 aliphatic carbocycles. The fourth-order valence-corrected chi connectivity index (χ4v) is 4.72. The number of benzene rings is 2. The molecule has 2 aromatic rings. The van der Waals surface area contributed by atoms with E-state index in [0.717, 1.165) is 0 Å². The first-order valence-corrected chi connectivity index (χ1v) is 9.93. The Labute approximate surface area is 157 Å². The van der Waals surface area contributed by atoms with Crippen molar-refractivity contribution in [3.05, 3.63) is 64.7 Å². The average molecular weight is 389 g/mol. The minimum atomic E-state index is -3.99. The van der Waals surface area contributed by atoms with Crippen LogP contribution in [0.1, 0.15) is 12.8 Å². The molecule has 2 aromatic carbocycles. The van der Waals surface area contributed by atoms with Crippen molar-refractivity contribution in [2.75, 3.05) is 18.4 Å². The zero-order chi connectivity index (χ0) is 19.4. The molecule has 0 saturated carbocycles. The predicted molar refractivity (Wildman–Crippen MR) is 99.7 cm³/mol. The van der Waals surface area contributed by atoms with Gasteiger partial charge in [-0.2, -0.15) is 4.31 Å². The first kappa shape index (κ1) is 19.0. The SMILES string of the molecule is O=C(Nc1ccccc1)C1CCN(S(=O)(=O)c2ccccc2[N+](=O)[O-])CC1. The number of piperidine rings is 1. The lowest BCUT2D eigenvalue weighted by molar-refractivity contribution is -0.387. The molecule has 1 saturated heterocycles. The Morgan fingerprint density at radius 3 is 2.26 bits per heavy atom. The summed E-state index contributed by atoms with van der Waals surface area (Å²) in [5.74, 6) is -0.452. The molecule has 9 heteroatoms. The first-order valence-electron chi connectivity index (χ1n) is 8.49. The number of sulfonamides is 1. The molecule has 27 heavy (non-hydrogen) atoms. The van der Waals surface area contributed by atoms with Crippen molar-refractivity contribution in [3.63, 3.8) is 0 Å². The summed E-state index contributed by atoms with van der Waals surface area (Å²) >= 11 is 0. The molecule has 1 aliphatic heterocycles. The number of nitrogens with zero attached hydrogens (tertiary/aromatic N) is 2. The molecule has 0 atom stereocenters. The highest BCUT2D eigenvalue weighted by molar-refractivity contribution is 7.89. The summed E-state index contributed by atoms with van der Waals surface area (Å²) in [6, 6.07) is 14.3. The smallest absolute Gasteiger partial charge is 0.289 e. The van der Waals surface area contributed by atoms with Gasteiger partial charge >= 0.3 is 0 Å². The van der Waals surface area contributed by atoms with Gasteiger partial charge in [0, 0.05) is 30.8 Å². The van der Waals surface area contributed by atoms with E-state index in [4.69, 9.17) is 0 Å². The van der Waals surface area contributed by atoms with E-state index in [0.29, 0.717) is 18.5 Å². The summed E-state index contributed by atoms with van der Waals surface area (Å²) in [4.78, 5) is 22.5. The number of nitro groups is 1. The third kappa shape index (κ3) is 4.15. The van der Waals surface area contributed by atoms with Crippen molar-refractivity contribution in [1.29, 1.82) is 0 Å². The normalized spacial score (nSPS) is 16.0. The monoisotopic (exact) mass is 389 g/mol. The number of amides is 1. The van der Waals surface area contributed by atoms with Gasteiger partial charge in [0.25, 0.3) is 5.69 Å². The minimum absolute atomic E-state index is 0.140. The van der Waals surface area contributed by atoms with Gasteiger partial charge in [-0.25, -0.2) is 8.42 Å². The van der Waals surface area contributed by atoms with Gasteiger partial charge in [0.15, 0.2) is 4.90 Å². The molecule has 0 bridgehead atoms. The third-order valence-electron chi connectivity index (χ3n) is 4.55. The summed E-state index contributed by atoms with van der Waals surface area (Å²) in [6.45, 7) is 0.280. The second-order valence-corrected chi connectivity index (χ2v) is 8.16. The van der Waals surface area contributed by atoms with E-state index in [9.17, 15) is 23.3 Å². The molecule has 3 rings (SSSR count). The molecule has 1 fully saturated rings. The first-order chi connectivity index (χ1) is 12.9. The molecule has 1 N–H and O–H groups in total. The quantitative estimate of drug-likeness (QED) is 0.624. The second-order valence-electron chi connectivity index (χ2n) is 6.26. The summed E-state index contributed by atoms with van der Waals surface area (Å²) in [7, 11) is -3.99. The van der Waals surface area contributed by atoms with Crippen LogP contribution in [0.3, 0.4) is 0 Å². The van der Waals surface area contributed by atoms with Crippen LogP contribution in [0.2, 0.25) is 0 Å². The number of hydrogen-bond donors (Lipinski definition) is 1. The summed E-state index contributed by atoms with van der Waals surface area (Å²) in [6.07, 6.45) is 0.719. The van der Waals surface area contributed by atoms with Crippen molar-refractivity contribution in [3.8, 4) is 0 Å². The van der Waals surface area contributed by atoms with E-state index < -0.39 is 20.6 Å².